The maximum atomic E-state index is 3.69. The van der Waals surface area contributed by atoms with Gasteiger partial charge in [-0.2, -0.15) is 0 Å². The van der Waals surface area contributed by atoms with Crippen molar-refractivity contribution in [3.63, 3.8) is 0 Å². The largest absolute Gasteiger partial charge is 0.299 e. The zero-order valence-corrected chi connectivity index (χ0v) is 7.26. The Morgan fingerprint density at radius 1 is 1.44 bits per heavy atom. The molecule has 1 nitrogen and oxygen atoms in total. The van der Waals surface area contributed by atoms with E-state index in [0.29, 0.717) is 0 Å². The average molecular weight is 190 g/mol. The Balaban J connectivity index is 2.16. The molecule has 0 aromatic rings. The molecule has 2 aliphatic rings. The molecule has 2 heterocycles. The second kappa shape index (κ2) is 1.96. The summed E-state index contributed by atoms with van der Waals surface area (Å²) in [7, 11) is 2.25. The summed E-state index contributed by atoms with van der Waals surface area (Å²) in [5.41, 5.74) is 0. The molecular weight excluding hydrogens is 178 g/mol. The number of fused-ring (bicyclic) bond motifs is 2. The van der Waals surface area contributed by atoms with Crippen LogP contribution >= 0.6 is 15.9 Å². The van der Waals surface area contributed by atoms with Crippen LogP contribution in [0, 0.1) is 0 Å². The first kappa shape index (κ1) is 6.17. The molecular formula is C7H12BrN. The topological polar surface area (TPSA) is 3.24 Å². The third kappa shape index (κ3) is 0.761. The van der Waals surface area contributed by atoms with Crippen LogP contribution < -0.4 is 0 Å². The van der Waals surface area contributed by atoms with Gasteiger partial charge in [0.15, 0.2) is 0 Å². The molecule has 0 aliphatic carbocycles. The summed E-state index contributed by atoms with van der Waals surface area (Å²) in [4.78, 5) is 3.32. The quantitative estimate of drug-likeness (QED) is 0.524. The van der Waals surface area contributed by atoms with Gasteiger partial charge in [0.2, 0.25) is 0 Å². The highest BCUT2D eigenvalue weighted by Gasteiger charge is 2.42. The van der Waals surface area contributed by atoms with Crippen LogP contribution in [-0.2, 0) is 0 Å². The molecule has 0 N–H and O–H groups in total. The number of hydrogen-bond donors (Lipinski definition) is 0. The number of alkyl halides is 1. The fraction of sp³-hybridized carbons (Fsp3) is 1.00. The van der Waals surface area contributed by atoms with Gasteiger partial charge in [0.25, 0.3) is 0 Å². The van der Waals surface area contributed by atoms with E-state index in [1.54, 1.807) is 0 Å². The van der Waals surface area contributed by atoms with Crippen LogP contribution in [0.5, 0.6) is 0 Å². The summed E-state index contributed by atoms with van der Waals surface area (Å²) in [5.74, 6) is 0. The molecule has 0 radical (unpaired) electrons. The molecule has 2 saturated heterocycles. The van der Waals surface area contributed by atoms with Crippen molar-refractivity contribution in [1.82, 2.24) is 4.90 Å². The van der Waals surface area contributed by atoms with E-state index in [-0.39, 0.29) is 0 Å². The monoisotopic (exact) mass is 189 g/mol. The van der Waals surface area contributed by atoms with E-state index in [9.17, 15) is 0 Å². The predicted octanol–water partition coefficient (Wildman–Crippen LogP) is 1.62. The van der Waals surface area contributed by atoms with Gasteiger partial charge in [-0.05, 0) is 26.3 Å². The van der Waals surface area contributed by atoms with E-state index in [4.69, 9.17) is 0 Å². The molecule has 3 unspecified atom stereocenters. The van der Waals surface area contributed by atoms with Crippen molar-refractivity contribution in [2.24, 2.45) is 0 Å². The minimum Gasteiger partial charge on any atom is -0.299 e. The molecule has 2 heteroatoms. The Hall–Kier alpha value is 0.440. The van der Waals surface area contributed by atoms with E-state index in [2.05, 4.69) is 27.9 Å². The van der Waals surface area contributed by atoms with E-state index in [1.807, 2.05) is 0 Å². The SMILES string of the molecule is CN1C2CCC1C(Br)C2. The van der Waals surface area contributed by atoms with Crippen molar-refractivity contribution in [2.45, 2.75) is 36.2 Å². The van der Waals surface area contributed by atoms with Gasteiger partial charge in [-0.3, -0.25) is 4.90 Å². The fourth-order valence-electron chi connectivity index (χ4n) is 2.18. The summed E-state index contributed by atoms with van der Waals surface area (Å²) in [6, 6.07) is 1.76. The van der Waals surface area contributed by atoms with E-state index in [0.717, 1.165) is 16.9 Å². The van der Waals surface area contributed by atoms with Crippen LogP contribution in [0.4, 0.5) is 0 Å². The summed E-state index contributed by atoms with van der Waals surface area (Å²) in [6.45, 7) is 0. The van der Waals surface area contributed by atoms with Crippen molar-refractivity contribution < 1.29 is 0 Å². The Morgan fingerprint density at radius 2 is 2.22 bits per heavy atom. The lowest BCUT2D eigenvalue weighted by Crippen LogP contribution is -2.25. The molecule has 0 amide bonds. The third-order valence-corrected chi connectivity index (χ3v) is 3.79. The second-order valence-corrected chi connectivity index (χ2v) is 4.39. The minimum absolute atomic E-state index is 0.793. The van der Waals surface area contributed by atoms with Crippen molar-refractivity contribution in [3.05, 3.63) is 0 Å². The maximum absolute atomic E-state index is 3.69. The van der Waals surface area contributed by atoms with Gasteiger partial charge in [-0.1, -0.05) is 15.9 Å². The third-order valence-electron chi connectivity index (χ3n) is 2.81. The standard InChI is InChI=1S/C7H12BrN/c1-9-5-2-3-7(9)6(8)4-5/h5-7H,2-4H2,1H3. The Kier molecular flexibility index (Phi) is 1.34. The zero-order valence-electron chi connectivity index (χ0n) is 5.68. The van der Waals surface area contributed by atoms with E-state index in [1.165, 1.54) is 19.3 Å². The van der Waals surface area contributed by atoms with Gasteiger partial charge in [0.1, 0.15) is 0 Å². The normalized spacial score (nSPS) is 50.7. The molecule has 2 aliphatic heterocycles. The first-order valence-corrected chi connectivity index (χ1v) is 4.56. The van der Waals surface area contributed by atoms with Gasteiger partial charge in [-0.25, -0.2) is 0 Å². The van der Waals surface area contributed by atoms with Gasteiger partial charge in [0.05, 0.1) is 0 Å². The molecule has 2 fully saturated rings. The summed E-state index contributed by atoms with van der Waals surface area (Å²) in [5, 5.41) is 0. The van der Waals surface area contributed by atoms with Crippen molar-refractivity contribution in [1.29, 1.82) is 0 Å². The fourth-order valence-corrected chi connectivity index (χ4v) is 3.25. The smallest absolute Gasteiger partial charge is 0.0316 e. The minimum atomic E-state index is 0.793. The highest BCUT2D eigenvalue weighted by atomic mass is 79.9. The average Bonchev–Trinajstić information content (AvgIpc) is 2.25. The lowest BCUT2D eigenvalue weighted by Gasteiger charge is -2.15. The van der Waals surface area contributed by atoms with Crippen LogP contribution in [0.1, 0.15) is 19.3 Å². The van der Waals surface area contributed by atoms with E-state index >= 15 is 0 Å². The molecule has 2 bridgehead atoms. The van der Waals surface area contributed by atoms with E-state index < -0.39 is 0 Å². The molecule has 0 aromatic heterocycles. The number of halogens is 1. The zero-order chi connectivity index (χ0) is 6.43. The maximum Gasteiger partial charge on any atom is 0.0316 e. The van der Waals surface area contributed by atoms with Crippen LogP contribution in [0.15, 0.2) is 0 Å². The highest BCUT2D eigenvalue weighted by Crippen LogP contribution is 2.39. The lowest BCUT2D eigenvalue weighted by atomic mass is 10.0. The van der Waals surface area contributed by atoms with Gasteiger partial charge < -0.3 is 0 Å². The first-order chi connectivity index (χ1) is 4.29. The molecule has 0 saturated carbocycles. The van der Waals surface area contributed by atoms with Crippen molar-refractivity contribution >= 4 is 15.9 Å². The number of rotatable bonds is 0. The van der Waals surface area contributed by atoms with Gasteiger partial charge in [0, 0.05) is 16.9 Å². The summed E-state index contributed by atoms with van der Waals surface area (Å²) < 4.78 is 0. The molecule has 9 heavy (non-hydrogen) atoms. The molecule has 52 valence electrons. The second-order valence-electron chi connectivity index (χ2n) is 3.22. The molecule has 0 aromatic carbocycles. The Bertz CT molecular complexity index is 126. The van der Waals surface area contributed by atoms with Crippen LogP contribution in [0.2, 0.25) is 0 Å². The predicted molar refractivity (Wildman–Crippen MR) is 41.9 cm³/mol. The Labute approximate surface area is 64.5 Å². The molecule has 0 spiro atoms. The lowest BCUT2D eigenvalue weighted by molar-refractivity contribution is 0.315. The van der Waals surface area contributed by atoms with Crippen LogP contribution in [-0.4, -0.2) is 28.9 Å². The molecule has 3 atom stereocenters. The summed E-state index contributed by atoms with van der Waals surface area (Å²) in [6.07, 6.45) is 4.22. The van der Waals surface area contributed by atoms with Crippen molar-refractivity contribution in [2.75, 3.05) is 7.05 Å². The first-order valence-electron chi connectivity index (χ1n) is 3.65. The number of hydrogen-bond acceptors (Lipinski definition) is 1. The van der Waals surface area contributed by atoms with Crippen LogP contribution in [0.25, 0.3) is 0 Å². The number of nitrogens with zero attached hydrogens (tertiary/aromatic N) is 1. The van der Waals surface area contributed by atoms with Gasteiger partial charge in [-0.15, -0.1) is 0 Å². The summed E-state index contributed by atoms with van der Waals surface area (Å²) >= 11 is 3.69. The van der Waals surface area contributed by atoms with Crippen LogP contribution in [0.3, 0.4) is 0 Å². The highest BCUT2D eigenvalue weighted by molar-refractivity contribution is 9.09. The Morgan fingerprint density at radius 3 is 2.44 bits per heavy atom. The van der Waals surface area contributed by atoms with Crippen molar-refractivity contribution in [3.8, 4) is 0 Å². The van der Waals surface area contributed by atoms with Gasteiger partial charge >= 0.3 is 0 Å². The molecule has 2 rings (SSSR count).